The van der Waals surface area contributed by atoms with E-state index >= 15 is 0 Å². The molecular weight excluding hydrogens is 204 g/mol. The maximum Gasteiger partial charge on any atom is 0.165 e. The molecule has 0 unspecified atom stereocenters. The maximum absolute atomic E-state index is 8.86. The SMILES string of the molecule is CCOc1cc(C#N)cc(CC#N)c1OC. The van der Waals surface area contributed by atoms with Crippen LogP contribution in [0.5, 0.6) is 11.5 Å². The fourth-order valence-electron chi connectivity index (χ4n) is 1.44. The van der Waals surface area contributed by atoms with E-state index in [4.69, 9.17) is 20.0 Å². The highest BCUT2D eigenvalue weighted by atomic mass is 16.5. The minimum atomic E-state index is 0.193. The van der Waals surface area contributed by atoms with Crippen molar-refractivity contribution in [3.63, 3.8) is 0 Å². The van der Waals surface area contributed by atoms with Crippen LogP contribution < -0.4 is 9.47 Å². The Labute approximate surface area is 94.6 Å². The quantitative estimate of drug-likeness (QED) is 0.772. The molecular formula is C12H12N2O2. The van der Waals surface area contributed by atoms with E-state index in [0.29, 0.717) is 29.2 Å². The van der Waals surface area contributed by atoms with Crippen LogP contribution in [0.4, 0.5) is 0 Å². The van der Waals surface area contributed by atoms with E-state index in [-0.39, 0.29) is 6.42 Å². The summed E-state index contributed by atoms with van der Waals surface area (Å²) >= 11 is 0. The number of benzene rings is 1. The van der Waals surface area contributed by atoms with Crippen molar-refractivity contribution in [3.8, 4) is 23.6 Å². The lowest BCUT2D eigenvalue weighted by atomic mass is 10.1. The molecule has 0 fully saturated rings. The highest BCUT2D eigenvalue weighted by molar-refractivity contribution is 5.53. The molecule has 0 atom stereocenters. The van der Waals surface area contributed by atoms with Crippen molar-refractivity contribution in [1.82, 2.24) is 0 Å². The maximum atomic E-state index is 8.86. The fraction of sp³-hybridized carbons (Fsp3) is 0.333. The molecule has 0 amide bonds. The van der Waals surface area contributed by atoms with E-state index in [1.165, 1.54) is 7.11 Å². The number of hydrogen-bond donors (Lipinski definition) is 0. The van der Waals surface area contributed by atoms with Crippen LogP contribution in [-0.2, 0) is 6.42 Å². The van der Waals surface area contributed by atoms with Gasteiger partial charge in [-0.15, -0.1) is 0 Å². The van der Waals surface area contributed by atoms with Gasteiger partial charge in [-0.3, -0.25) is 0 Å². The summed E-state index contributed by atoms with van der Waals surface area (Å²) in [5.74, 6) is 1.04. The van der Waals surface area contributed by atoms with Gasteiger partial charge in [0.25, 0.3) is 0 Å². The van der Waals surface area contributed by atoms with Gasteiger partial charge < -0.3 is 9.47 Å². The number of hydrogen-bond acceptors (Lipinski definition) is 4. The van der Waals surface area contributed by atoms with Gasteiger partial charge in [0.1, 0.15) is 0 Å². The molecule has 1 aromatic rings. The van der Waals surface area contributed by atoms with Crippen molar-refractivity contribution in [3.05, 3.63) is 23.3 Å². The monoisotopic (exact) mass is 216 g/mol. The fourth-order valence-corrected chi connectivity index (χ4v) is 1.44. The Balaban J connectivity index is 3.30. The zero-order valence-corrected chi connectivity index (χ0v) is 9.28. The van der Waals surface area contributed by atoms with E-state index in [1.54, 1.807) is 12.1 Å². The standard InChI is InChI=1S/C12H12N2O2/c1-3-16-11-7-9(8-14)6-10(4-5-13)12(11)15-2/h6-7H,3-4H2,1-2H3. The van der Waals surface area contributed by atoms with Crippen molar-refractivity contribution in [2.75, 3.05) is 13.7 Å². The summed E-state index contributed by atoms with van der Waals surface area (Å²) in [5.41, 5.74) is 1.14. The van der Waals surface area contributed by atoms with Crippen molar-refractivity contribution < 1.29 is 9.47 Å². The van der Waals surface area contributed by atoms with Gasteiger partial charge in [-0.2, -0.15) is 10.5 Å². The summed E-state index contributed by atoms with van der Waals surface area (Å²) < 4.78 is 10.6. The Morgan fingerprint density at radius 2 is 2.06 bits per heavy atom. The Hall–Kier alpha value is -2.20. The predicted molar refractivity (Wildman–Crippen MR) is 58.2 cm³/mol. The molecule has 0 aliphatic heterocycles. The lowest BCUT2D eigenvalue weighted by Gasteiger charge is -2.12. The molecule has 4 heteroatoms. The van der Waals surface area contributed by atoms with Crippen LogP contribution in [0.3, 0.4) is 0 Å². The summed E-state index contributed by atoms with van der Waals surface area (Å²) in [4.78, 5) is 0. The lowest BCUT2D eigenvalue weighted by molar-refractivity contribution is 0.309. The summed E-state index contributed by atoms with van der Waals surface area (Å²) in [5, 5.41) is 17.6. The van der Waals surface area contributed by atoms with Gasteiger partial charge in [0.15, 0.2) is 11.5 Å². The summed E-state index contributed by atoms with van der Waals surface area (Å²) in [6, 6.07) is 7.32. The Morgan fingerprint density at radius 3 is 2.56 bits per heavy atom. The van der Waals surface area contributed by atoms with E-state index in [1.807, 2.05) is 19.1 Å². The molecule has 0 saturated carbocycles. The smallest absolute Gasteiger partial charge is 0.165 e. The van der Waals surface area contributed by atoms with Crippen molar-refractivity contribution in [1.29, 1.82) is 10.5 Å². The summed E-state index contributed by atoms with van der Waals surface area (Å²) in [6.45, 7) is 2.33. The number of nitriles is 2. The molecule has 0 radical (unpaired) electrons. The van der Waals surface area contributed by atoms with Gasteiger partial charge in [-0.05, 0) is 13.0 Å². The van der Waals surface area contributed by atoms with Crippen LogP contribution in [0.2, 0.25) is 0 Å². The first-order valence-electron chi connectivity index (χ1n) is 4.87. The van der Waals surface area contributed by atoms with Crippen molar-refractivity contribution >= 4 is 0 Å². The molecule has 0 aliphatic carbocycles. The van der Waals surface area contributed by atoms with E-state index in [9.17, 15) is 0 Å². The van der Waals surface area contributed by atoms with Crippen molar-refractivity contribution in [2.24, 2.45) is 0 Å². The minimum absolute atomic E-state index is 0.193. The molecule has 1 aromatic carbocycles. The summed E-state index contributed by atoms with van der Waals surface area (Å²) in [6.07, 6.45) is 0.193. The molecule has 0 saturated heterocycles. The molecule has 82 valence electrons. The topological polar surface area (TPSA) is 66.0 Å². The average molecular weight is 216 g/mol. The number of ether oxygens (including phenoxy) is 2. The zero-order chi connectivity index (χ0) is 12.0. The number of nitrogens with zero attached hydrogens (tertiary/aromatic N) is 2. The third kappa shape index (κ3) is 2.43. The first-order valence-corrected chi connectivity index (χ1v) is 4.87. The average Bonchev–Trinajstić information content (AvgIpc) is 2.29. The first kappa shape index (κ1) is 11.9. The van der Waals surface area contributed by atoms with E-state index in [2.05, 4.69) is 0 Å². The first-order chi connectivity index (χ1) is 7.76. The van der Waals surface area contributed by atoms with Crippen molar-refractivity contribution in [2.45, 2.75) is 13.3 Å². The molecule has 0 aliphatic rings. The molecule has 1 rings (SSSR count). The second kappa shape index (κ2) is 5.63. The highest BCUT2D eigenvalue weighted by Crippen LogP contribution is 2.32. The third-order valence-corrected chi connectivity index (χ3v) is 2.03. The van der Waals surface area contributed by atoms with Crippen LogP contribution >= 0.6 is 0 Å². The normalized spacial score (nSPS) is 9.00. The van der Waals surface area contributed by atoms with Crippen LogP contribution in [0.1, 0.15) is 18.1 Å². The summed E-state index contributed by atoms with van der Waals surface area (Å²) in [7, 11) is 1.52. The highest BCUT2D eigenvalue weighted by Gasteiger charge is 2.12. The lowest BCUT2D eigenvalue weighted by Crippen LogP contribution is -1.99. The van der Waals surface area contributed by atoms with E-state index in [0.717, 1.165) is 0 Å². The Bertz CT molecular complexity index is 455. The molecule has 0 aromatic heterocycles. The van der Waals surface area contributed by atoms with Crippen LogP contribution in [0, 0.1) is 22.7 Å². The van der Waals surface area contributed by atoms with Gasteiger partial charge in [-0.1, -0.05) is 0 Å². The molecule has 4 nitrogen and oxygen atoms in total. The minimum Gasteiger partial charge on any atom is -0.493 e. The van der Waals surface area contributed by atoms with Crippen LogP contribution in [0.15, 0.2) is 12.1 Å². The van der Waals surface area contributed by atoms with Gasteiger partial charge >= 0.3 is 0 Å². The van der Waals surface area contributed by atoms with Gasteiger partial charge in [0, 0.05) is 11.6 Å². The molecule has 16 heavy (non-hydrogen) atoms. The second-order valence-electron chi connectivity index (χ2n) is 3.05. The van der Waals surface area contributed by atoms with Gasteiger partial charge in [-0.25, -0.2) is 0 Å². The zero-order valence-electron chi connectivity index (χ0n) is 9.28. The molecule has 0 N–H and O–H groups in total. The van der Waals surface area contributed by atoms with E-state index < -0.39 is 0 Å². The molecule has 0 spiro atoms. The Kier molecular flexibility index (Phi) is 4.17. The van der Waals surface area contributed by atoms with Crippen LogP contribution in [0.25, 0.3) is 0 Å². The Morgan fingerprint density at radius 1 is 1.31 bits per heavy atom. The third-order valence-electron chi connectivity index (χ3n) is 2.03. The molecule has 0 bridgehead atoms. The second-order valence-corrected chi connectivity index (χ2v) is 3.05. The largest absolute Gasteiger partial charge is 0.493 e. The predicted octanol–water partition coefficient (Wildman–Crippen LogP) is 2.03. The number of methoxy groups -OCH3 is 1. The van der Waals surface area contributed by atoms with Crippen LogP contribution in [-0.4, -0.2) is 13.7 Å². The number of rotatable bonds is 4. The van der Waals surface area contributed by atoms with Gasteiger partial charge in [0.05, 0.1) is 37.8 Å². The molecule has 0 heterocycles. The van der Waals surface area contributed by atoms with Gasteiger partial charge in [0.2, 0.25) is 0 Å².